The average molecular weight is 286 g/mol. The zero-order valence-electron chi connectivity index (χ0n) is 11.3. The third kappa shape index (κ3) is 2.03. The van der Waals surface area contributed by atoms with Gasteiger partial charge >= 0.3 is 0 Å². The van der Waals surface area contributed by atoms with Crippen LogP contribution in [0, 0.1) is 0 Å². The standard InChI is InChI=1S/C16H18N2OS/c19-16(18-9-13-7-12(18)10-20-13)6-5-11-8-17-15-4-2-1-3-14(11)15/h1-4,8,12-13,17H,5-7,9-10H2. The zero-order chi connectivity index (χ0) is 13.5. The molecule has 1 aromatic carbocycles. The van der Waals surface area contributed by atoms with Crippen LogP contribution in [0.3, 0.4) is 0 Å². The number of rotatable bonds is 3. The van der Waals surface area contributed by atoms with Crippen molar-refractivity contribution >= 4 is 28.6 Å². The number of nitrogens with one attached hydrogen (secondary N) is 1. The molecular formula is C16H18N2OS. The summed E-state index contributed by atoms with van der Waals surface area (Å²) >= 11 is 2.03. The molecule has 0 spiro atoms. The molecule has 0 saturated carbocycles. The molecule has 20 heavy (non-hydrogen) atoms. The van der Waals surface area contributed by atoms with Crippen LogP contribution < -0.4 is 0 Å². The van der Waals surface area contributed by atoms with Crippen LogP contribution in [-0.4, -0.2) is 39.4 Å². The van der Waals surface area contributed by atoms with Crippen LogP contribution in [0.25, 0.3) is 10.9 Å². The minimum Gasteiger partial charge on any atom is -0.361 e. The highest BCUT2D eigenvalue weighted by Crippen LogP contribution is 2.37. The topological polar surface area (TPSA) is 36.1 Å². The molecule has 4 heteroatoms. The molecule has 2 unspecified atom stereocenters. The predicted octanol–water partition coefficient (Wildman–Crippen LogP) is 2.82. The number of likely N-dealkylation sites (tertiary alicyclic amines) is 1. The lowest BCUT2D eigenvalue weighted by Crippen LogP contribution is -2.39. The fourth-order valence-electron chi connectivity index (χ4n) is 3.43. The van der Waals surface area contributed by atoms with E-state index in [-0.39, 0.29) is 0 Å². The van der Waals surface area contributed by atoms with Crippen molar-refractivity contribution in [2.75, 3.05) is 12.3 Å². The number of amides is 1. The highest BCUT2D eigenvalue weighted by molar-refractivity contribution is 8.00. The van der Waals surface area contributed by atoms with Crippen molar-refractivity contribution in [1.82, 2.24) is 9.88 Å². The van der Waals surface area contributed by atoms with E-state index in [1.54, 1.807) is 0 Å². The Morgan fingerprint density at radius 2 is 2.30 bits per heavy atom. The molecule has 2 aliphatic heterocycles. The molecule has 2 saturated heterocycles. The van der Waals surface area contributed by atoms with E-state index in [0.29, 0.717) is 23.6 Å². The number of carbonyl (C=O) groups is 1. The first-order valence-corrected chi connectivity index (χ1v) is 8.32. The van der Waals surface area contributed by atoms with Crippen LogP contribution in [0.1, 0.15) is 18.4 Å². The Balaban J connectivity index is 1.44. The number of benzene rings is 1. The summed E-state index contributed by atoms with van der Waals surface area (Å²) in [6.45, 7) is 0.974. The number of nitrogens with zero attached hydrogens (tertiary/aromatic N) is 1. The second kappa shape index (κ2) is 4.85. The number of hydrogen-bond donors (Lipinski definition) is 1. The average Bonchev–Trinajstić information content (AvgIpc) is 3.19. The number of thioether (sulfide) groups is 1. The van der Waals surface area contributed by atoms with Gasteiger partial charge in [0.1, 0.15) is 0 Å². The fourth-order valence-corrected chi connectivity index (χ4v) is 4.86. The van der Waals surface area contributed by atoms with Crippen LogP contribution in [-0.2, 0) is 11.2 Å². The molecule has 4 rings (SSSR count). The maximum atomic E-state index is 12.4. The Hall–Kier alpha value is -1.42. The molecule has 2 atom stereocenters. The quantitative estimate of drug-likeness (QED) is 0.942. The van der Waals surface area contributed by atoms with E-state index in [9.17, 15) is 4.79 Å². The lowest BCUT2D eigenvalue weighted by molar-refractivity contribution is -0.131. The van der Waals surface area contributed by atoms with Gasteiger partial charge in [0, 0.05) is 47.1 Å². The summed E-state index contributed by atoms with van der Waals surface area (Å²) in [5, 5.41) is 1.95. The maximum Gasteiger partial charge on any atom is 0.223 e. The van der Waals surface area contributed by atoms with Crippen molar-refractivity contribution in [2.24, 2.45) is 0 Å². The molecule has 2 aromatic rings. The van der Waals surface area contributed by atoms with Crippen LogP contribution in [0.2, 0.25) is 0 Å². The number of H-pyrrole nitrogens is 1. The molecule has 0 radical (unpaired) electrons. The minimum absolute atomic E-state index is 0.336. The van der Waals surface area contributed by atoms with E-state index in [1.165, 1.54) is 17.4 Å². The second-order valence-corrected chi connectivity index (χ2v) is 7.08. The molecule has 2 bridgehead atoms. The smallest absolute Gasteiger partial charge is 0.223 e. The SMILES string of the molecule is O=C(CCc1c[nH]c2ccccc12)N1CC2CC1CS2. The van der Waals surface area contributed by atoms with Crippen molar-refractivity contribution in [3.63, 3.8) is 0 Å². The first-order chi connectivity index (χ1) is 9.81. The predicted molar refractivity (Wildman–Crippen MR) is 83.0 cm³/mol. The van der Waals surface area contributed by atoms with Gasteiger partial charge in [0.05, 0.1) is 0 Å². The number of aryl methyl sites for hydroxylation is 1. The van der Waals surface area contributed by atoms with E-state index in [4.69, 9.17) is 0 Å². The molecular weight excluding hydrogens is 268 g/mol. The van der Waals surface area contributed by atoms with Crippen LogP contribution in [0.5, 0.6) is 0 Å². The molecule has 1 amide bonds. The first kappa shape index (κ1) is 12.3. The fraction of sp³-hybridized carbons (Fsp3) is 0.438. The third-order valence-electron chi connectivity index (χ3n) is 4.50. The number of hydrogen-bond acceptors (Lipinski definition) is 2. The highest BCUT2D eigenvalue weighted by atomic mass is 32.2. The zero-order valence-corrected chi connectivity index (χ0v) is 12.2. The molecule has 1 aromatic heterocycles. The number of aromatic nitrogens is 1. The third-order valence-corrected chi connectivity index (χ3v) is 5.89. The summed E-state index contributed by atoms with van der Waals surface area (Å²) in [4.78, 5) is 17.8. The summed E-state index contributed by atoms with van der Waals surface area (Å²) in [6.07, 6.45) is 4.73. The monoisotopic (exact) mass is 286 g/mol. The number of aromatic amines is 1. The van der Waals surface area contributed by atoms with Gasteiger partial charge in [0.2, 0.25) is 5.91 Å². The molecule has 3 nitrogen and oxygen atoms in total. The van der Waals surface area contributed by atoms with Crippen LogP contribution >= 0.6 is 11.8 Å². The van der Waals surface area contributed by atoms with Crippen LogP contribution in [0.15, 0.2) is 30.5 Å². The molecule has 2 aliphatic rings. The van der Waals surface area contributed by atoms with Crippen molar-refractivity contribution < 1.29 is 4.79 Å². The van der Waals surface area contributed by atoms with Gasteiger partial charge in [0.15, 0.2) is 0 Å². The minimum atomic E-state index is 0.336. The van der Waals surface area contributed by atoms with E-state index in [0.717, 1.165) is 24.2 Å². The summed E-state index contributed by atoms with van der Waals surface area (Å²) in [5.41, 5.74) is 2.42. The Kier molecular flexibility index (Phi) is 2.99. The van der Waals surface area contributed by atoms with E-state index < -0.39 is 0 Å². The first-order valence-electron chi connectivity index (χ1n) is 7.27. The Morgan fingerprint density at radius 1 is 1.40 bits per heavy atom. The van der Waals surface area contributed by atoms with Gasteiger partial charge in [-0.25, -0.2) is 0 Å². The second-order valence-electron chi connectivity index (χ2n) is 5.75. The normalized spacial score (nSPS) is 24.7. The molecule has 1 N–H and O–H groups in total. The van der Waals surface area contributed by atoms with E-state index >= 15 is 0 Å². The molecule has 104 valence electrons. The lowest BCUT2D eigenvalue weighted by Gasteiger charge is -2.26. The molecule has 3 heterocycles. The van der Waals surface area contributed by atoms with Crippen molar-refractivity contribution in [3.8, 4) is 0 Å². The summed E-state index contributed by atoms with van der Waals surface area (Å²) in [5.74, 6) is 1.48. The Morgan fingerprint density at radius 3 is 3.10 bits per heavy atom. The summed E-state index contributed by atoms with van der Waals surface area (Å²) < 4.78 is 0. The summed E-state index contributed by atoms with van der Waals surface area (Å²) in [7, 11) is 0. The number of carbonyl (C=O) groups excluding carboxylic acids is 1. The molecule has 0 aliphatic carbocycles. The maximum absolute atomic E-state index is 12.4. The number of fused-ring (bicyclic) bond motifs is 3. The number of para-hydroxylation sites is 1. The van der Waals surface area contributed by atoms with Gasteiger partial charge in [-0.2, -0.15) is 11.8 Å². The Labute approximate surface area is 122 Å². The highest BCUT2D eigenvalue weighted by Gasteiger charge is 2.40. The van der Waals surface area contributed by atoms with Gasteiger partial charge in [0.25, 0.3) is 0 Å². The van der Waals surface area contributed by atoms with Gasteiger partial charge in [-0.3, -0.25) is 4.79 Å². The Bertz CT molecular complexity index is 651. The van der Waals surface area contributed by atoms with Gasteiger partial charge in [-0.15, -0.1) is 0 Å². The van der Waals surface area contributed by atoms with Crippen molar-refractivity contribution in [2.45, 2.75) is 30.6 Å². The summed E-state index contributed by atoms with van der Waals surface area (Å²) in [6, 6.07) is 8.81. The van der Waals surface area contributed by atoms with Gasteiger partial charge < -0.3 is 9.88 Å². The van der Waals surface area contributed by atoms with E-state index in [1.807, 2.05) is 24.0 Å². The van der Waals surface area contributed by atoms with Crippen molar-refractivity contribution in [3.05, 3.63) is 36.0 Å². The molecule has 2 fully saturated rings. The lowest BCUT2D eigenvalue weighted by atomic mass is 10.1. The van der Waals surface area contributed by atoms with Gasteiger partial charge in [-0.1, -0.05) is 18.2 Å². The van der Waals surface area contributed by atoms with Gasteiger partial charge in [-0.05, 0) is 24.5 Å². The van der Waals surface area contributed by atoms with Crippen LogP contribution in [0.4, 0.5) is 0 Å². The largest absolute Gasteiger partial charge is 0.361 e. The van der Waals surface area contributed by atoms with Crippen molar-refractivity contribution in [1.29, 1.82) is 0 Å². The van der Waals surface area contributed by atoms with E-state index in [2.05, 4.69) is 28.1 Å².